The van der Waals surface area contributed by atoms with Gasteiger partial charge in [-0.3, -0.25) is 0 Å². The minimum absolute atomic E-state index is 0.195. The summed E-state index contributed by atoms with van der Waals surface area (Å²) in [6.07, 6.45) is -5.97. The Labute approximate surface area is 89.4 Å². The summed E-state index contributed by atoms with van der Waals surface area (Å²) < 4.78 is 61.8. The second-order valence-corrected chi connectivity index (χ2v) is 4.10. The van der Waals surface area contributed by atoms with Crippen LogP contribution < -0.4 is 5.32 Å². The van der Waals surface area contributed by atoms with Gasteiger partial charge in [0.25, 0.3) is 0 Å². The molecule has 0 bridgehead atoms. The summed E-state index contributed by atoms with van der Waals surface area (Å²) in [5, 5.41) is 1.84. The molecule has 1 saturated heterocycles. The minimum atomic E-state index is -2.91. The largest absolute Gasteiger partial charge is 0.308 e. The van der Waals surface area contributed by atoms with Crippen molar-refractivity contribution in [2.75, 3.05) is 6.50 Å². The monoisotopic (exact) mass is 240 g/mol. The van der Waals surface area contributed by atoms with Crippen LogP contribution in [0.25, 0.3) is 0 Å². The highest BCUT2D eigenvalue weighted by Gasteiger charge is 2.18. The number of halogens is 1. The number of rotatable bonds is 1. The van der Waals surface area contributed by atoms with Crippen LogP contribution in [0.4, 0.5) is 0 Å². The molecule has 1 N–H and O–H groups in total. The molecule has 1 aliphatic rings. The lowest BCUT2D eigenvalue weighted by Crippen LogP contribution is -2.12. The summed E-state index contributed by atoms with van der Waals surface area (Å²) in [6, 6.07) is -2.40. The van der Waals surface area contributed by atoms with Crippen LogP contribution in [0.15, 0.2) is 9.96 Å². The summed E-state index contributed by atoms with van der Waals surface area (Å²) in [7, 11) is 0. The molecule has 60 valence electrons. The van der Waals surface area contributed by atoms with E-state index in [-0.39, 0.29) is 15.0 Å². The van der Waals surface area contributed by atoms with Crippen LogP contribution in [0.1, 0.15) is 34.7 Å². The van der Waals surface area contributed by atoms with Gasteiger partial charge in [0.1, 0.15) is 5.01 Å². The van der Waals surface area contributed by atoms with Gasteiger partial charge in [-0.15, -0.1) is 11.3 Å². The van der Waals surface area contributed by atoms with Crippen LogP contribution in [-0.4, -0.2) is 11.5 Å². The van der Waals surface area contributed by atoms with Gasteiger partial charge < -0.3 is 5.32 Å². The Balaban J connectivity index is 2.62. The first-order valence-electron chi connectivity index (χ1n) is 6.79. The lowest BCUT2D eigenvalue weighted by Gasteiger charge is -2.03. The number of hydrogen-bond acceptors (Lipinski definition) is 3. The number of thiazole rings is 1. The fourth-order valence-corrected chi connectivity index (χ4v) is 1.76. The van der Waals surface area contributed by atoms with E-state index in [1.54, 1.807) is 0 Å². The summed E-state index contributed by atoms with van der Waals surface area (Å²) in [5.41, 5.74) is 0. The highest BCUT2D eigenvalue weighted by atomic mass is 79.9. The quantitative estimate of drug-likeness (QED) is 0.816. The normalized spacial score (nSPS) is 55.4. The third-order valence-electron chi connectivity index (χ3n) is 1.08. The van der Waals surface area contributed by atoms with Crippen molar-refractivity contribution in [2.45, 2.75) is 18.8 Å². The van der Waals surface area contributed by atoms with Crippen LogP contribution in [0.5, 0.6) is 0 Å². The summed E-state index contributed by atoms with van der Waals surface area (Å²) in [5.74, 6) is 0. The number of aromatic nitrogens is 1. The Morgan fingerprint density at radius 1 is 2.09 bits per heavy atom. The molecule has 1 unspecified atom stereocenters. The van der Waals surface area contributed by atoms with Gasteiger partial charge in [0, 0.05) is 8.22 Å². The molecule has 0 saturated carbocycles. The van der Waals surface area contributed by atoms with E-state index in [4.69, 9.17) is 11.0 Å². The molecule has 4 heteroatoms. The summed E-state index contributed by atoms with van der Waals surface area (Å²) in [4.78, 5) is 3.71. The molecule has 0 radical (unpaired) electrons. The Kier molecular flexibility index (Phi) is 0.813. The molecule has 1 aromatic heterocycles. The lowest BCUT2D eigenvalue weighted by molar-refractivity contribution is 0.643. The topological polar surface area (TPSA) is 24.9 Å². The predicted molar refractivity (Wildman–Crippen MR) is 49.8 cm³/mol. The minimum Gasteiger partial charge on any atom is -0.308 e. The van der Waals surface area contributed by atoms with Crippen LogP contribution in [-0.2, 0) is 0 Å². The fourth-order valence-electron chi connectivity index (χ4n) is 0.658. The number of nitrogens with one attached hydrogen (secondary N) is 1. The van der Waals surface area contributed by atoms with Crippen LogP contribution >= 0.6 is 27.3 Å². The maximum atomic E-state index is 8.12. The zero-order valence-corrected chi connectivity index (χ0v) is 7.64. The van der Waals surface area contributed by atoms with Gasteiger partial charge in [0.2, 0.25) is 0 Å². The van der Waals surface area contributed by atoms with Crippen molar-refractivity contribution in [1.82, 2.24) is 10.3 Å². The third kappa shape index (κ3) is 1.63. The average Bonchev–Trinajstić information content (AvgIpc) is 2.61. The second-order valence-electron chi connectivity index (χ2n) is 1.78. The predicted octanol–water partition coefficient (Wildman–Crippen LogP) is 2.33. The van der Waals surface area contributed by atoms with Gasteiger partial charge in [-0.1, -0.05) is 0 Å². The van der Waals surface area contributed by atoms with Crippen molar-refractivity contribution in [2.24, 2.45) is 0 Å². The summed E-state index contributed by atoms with van der Waals surface area (Å²) >= 11 is 3.84. The van der Waals surface area contributed by atoms with Gasteiger partial charge in [-0.25, -0.2) is 4.98 Å². The molecule has 0 spiro atoms. The zero-order chi connectivity index (χ0) is 14.9. The average molecular weight is 241 g/mol. The smallest absolute Gasteiger partial charge is 0.111 e. The van der Waals surface area contributed by atoms with Crippen molar-refractivity contribution < 1.29 is 11.0 Å². The van der Waals surface area contributed by atoms with Crippen LogP contribution in [0.2, 0.25) is 0 Å². The molecular formula is C7H9BrN2S. The Morgan fingerprint density at radius 3 is 3.55 bits per heavy atom. The molecule has 1 fully saturated rings. The molecule has 0 aliphatic carbocycles. The van der Waals surface area contributed by atoms with E-state index in [1.165, 1.54) is 0 Å². The maximum Gasteiger partial charge on any atom is 0.111 e. The first-order valence-corrected chi connectivity index (χ1v) is 4.40. The van der Waals surface area contributed by atoms with E-state index in [0.717, 1.165) is 11.3 Å². The fraction of sp³-hybridized carbons (Fsp3) is 0.571. The van der Waals surface area contributed by atoms with Crippen molar-refractivity contribution in [3.05, 3.63) is 15.0 Å². The SMILES string of the molecule is [2H]c1nc(C2([2H])NC([2H])([2H])C([2H])([2H])C2([2H])[2H])sc1Br. The highest BCUT2D eigenvalue weighted by molar-refractivity contribution is 9.11. The third-order valence-corrected chi connectivity index (χ3v) is 2.51. The van der Waals surface area contributed by atoms with Crippen molar-refractivity contribution in [1.29, 1.82) is 0 Å². The van der Waals surface area contributed by atoms with E-state index >= 15 is 0 Å². The van der Waals surface area contributed by atoms with Crippen molar-refractivity contribution >= 4 is 27.3 Å². The second kappa shape index (κ2) is 3.21. The molecule has 11 heavy (non-hydrogen) atoms. The highest BCUT2D eigenvalue weighted by Crippen LogP contribution is 2.29. The van der Waals surface area contributed by atoms with Crippen molar-refractivity contribution in [3.63, 3.8) is 0 Å². The van der Waals surface area contributed by atoms with Crippen LogP contribution in [0, 0.1) is 0 Å². The Hall–Kier alpha value is 0.0700. The number of nitrogens with zero attached hydrogens (tertiary/aromatic N) is 1. The molecule has 2 nitrogen and oxygen atoms in total. The standard InChI is InChI=1S/C7H9BrN2S/c8-6-4-10-7(11-6)5-2-1-3-9-5/h4-5,9H,1-3H2/i1D2,2D2,3D2,4D,5D. The van der Waals surface area contributed by atoms with Gasteiger partial charge in [-0.2, -0.15) is 0 Å². The van der Waals surface area contributed by atoms with Crippen molar-refractivity contribution in [3.8, 4) is 0 Å². The number of hydrogen-bond donors (Lipinski definition) is 1. The lowest BCUT2D eigenvalue weighted by atomic mass is 10.2. The summed E-state index contributed by atoms with van der Waals surface area (Å²) in [6.45, 7) is -2.72. The van der Waals surface area contributed by atoms with Gasteiger partial charge >= 0.3 is 0 Å². The molecule has 1 aliphatic heterocycles. The van der Waals surface area contributed by atoms with E-state index in [0.29, 0.717) is 0 Å². The molecule has 0 amide bonds. The Bertz CT molecular complexity index is 512. The molecule has 0 aromatic carbocycles. The first-order chi connectivity index (χ1) is 8.37. The molecular weight excluding hydrogens is 224 g/mol. The molecule has 2 heterocycles. The van der Waals surface area contributed by atoms with Gasteiger partial charge in [-0.05, 0) is 35.2 Å². The van der Waals surface area contributed by atoms with E-state index < -0.39 is 25.3 Å². The maximum absolute atomic E-state index is 8.12. The molecule has 1 atom stereocenters. The van der Waals surface area contributed by atoms with E-state index in [1.807, 2.05) is 5.32 Å². The first kappa shape index (κ1) is 2.79. The zero-order valence-electron chi connectivity index (χ0n) is 13.2. The Morgan fingerprint density at radius 2 is 3.00 bits per heavy atom. The van der Waals surface area contributed by atoms with Gasteiger partial charge in [0.15, 0.2) is 0 Å². The van der Waals surface area contributed by atoms with E-state index in [2.05, 4.69) is 20.9 Å². The van der Waals surface area contributed by atoms with Crippen LogP contribution in [0.3, 0.4) is 0 Å². The van der Waals surface area contributed by atoms with Gasteiger partial charge in [0.05, 0.1) is 18.7 Å². The van der Waals surface area contributed by atoms with E-state index in [9.17, 15) is 0 Å². The molecule has 1 aromatic rings. The molecule has 2 rings (SSSR count).